The molecule has 0 saturated heterocycles. The number of carbonyl (C=O) groups is 1. The van der Waals surface area contributed by atoms with E-state index in [4.69, 9.17) is 14.6 Å². The largest absolute Gasteiger partial charge is 0.497 e. The second kappa shape index (κ2) is 8.26. The topological polar surface area (TPSA) is 59.0 Å². The Labute approximate surface area is 130 Å². The van der Waals surface area contributed by atoms with Crippen LogP contribution in [0.1, 0.15) is 18.1 Å². The van der Waals surface area contributed by atoms with E-state index in [1.165, 1.54) is 11.8 Å². The lowest BCUT2D eigenvalue weighted by Gasteiger charge is -2.19. The van der Waals surface area contributed by atoms with Gasteiger partial charge in [0, 0.05) is 11.4 Å². The normalized spacial score (nSPS) is 12.5. The third-order valence-corrected chi connectivity index (χ3v) is 4.36. The summed E-state index contributed by atoms with van der Waals surface area (Å²) in [5.41, 5.74) is 2.31. The molecule has 0 amide bonds. The Hall–Kier alpha value is -1.24. The molecule has 0 aliphatic carbocycles. The highest BCUT2D eigenvalue weighted by molar-refractivity contribution is 7.97. The predicted molar refractivity (Wildman–Crippen MR) is 84.0 cm³/mol. The first-order valence-corrected chi connectivity index (χ1v) is 7.51. The van der Waals surface area contributed by atoms with Crippen molar-refractivity contribution in [3.63, 3.8) is 0 Å². The number of aliphatic carboxylic acids is 1. The molecular weight excluding hydrogens is 290 g/mol. The molecule has 1 unspecified atom stereocenters. The highest BCUT2D eigenvalue weighted by atomic mass is 32.2. The Balaban J connectivity index is 2.55. The van der Waals surface area contributed by atoms with Gasteiger partial charge in [-0.15, -0.1) is 0 Å². The van der Waals surface area contributed by atoms with Gasteiger partial charge >= 0.3 is 5.97 Å². The van der Waals surface area contributed by atoms with E-state index in [1.807, 2.05) is 23.5 Å². The molecule has 0 aromatic heterocycles. The van der Waals surface area contributed by atoms with Gasteiger partial charge in [-0.05, 0) is 63.0 Å². The first-order chi connectivity index (χ1) is 9.85. The number of hydrogen-bond donors (Lipinski definition) is 1. The van der Waals surface area contributed by atoms with Crippen LogP contribution in [0.15, 0.2) is 17.0 Å². The summed E-state index contributed by atoms with van der Waals surface area (Å²) in [4.78, 5) is 11.8. The molecule has 118 valence electrons. The van der Waals surface area contributed by atoms with E-state index in [0.717, 1.165) is 16.9 Å². The molecule has 1 N–H and O–H groups in total. The molecule has 6 heteroatoms. The highest BCUT2D eigenvalue weighted by Gasteiger charge is 2.13. The molecule has 1 aromatic rings. The van der Waals surface area contributed by atoms with E-state index in [0.29, 0.717) is 13.2 Å². The lowest BCUT2D eigenvalue weighted by molar-refractivity contribution is -0.149. The molecule has 0 heterocycles. The number of ether oxygens (including phenoxy) is 2. The van der Waals surface area contributed by atoms with Crippen LogP contribution >= 0.6 is 11.9 Å². The molecule has 0 saturated carbocycles. The number of rotatable bonds is 8. The van der Waals surface area contributed by atoms with Crippen molar-refractivity contribution in [2.24, 2.45) is 0 Å². The third kappa shape index (κ3) is 5.57. The number of carboxylic acids is 1. The molecule has 0 spiro atoms. The van der Waals surface area contributed by atoms with Crippen molar-refractivity contribution < 1.29 is 19.4 Å². The Bertz CT molecular complexity index is 470. The van der Waals surface area contributed by atoms with Crippen LogP contribution in [0.2, 0.25) is 0 Å². The Morgan fingerprint density at radius 1 is 1.38 bits per heavy atom. The number of carboxylic acid groups (broad SMARTS) is 1. The summed E-state index contributed by atoms with van der Waals surface area (Å²) in [6, 6.07) is 4.01. The molecule has 0 aliphatic heterocycles. The average molecular weight is 313 g/mol. The summed E-state index contributed by atoms with van der Waals surface area (Å²) in [6.07, 6.45) is -0.771. The molecule has 1 atom stereocenters. The third-order valence-electron chi connectivity index (χ3n) is 3.04. The molecular formula is C15H23NO4S. The van der Waals surface area contributed by atoms with Gasteiger partial charge in [-0.25, -0.2) is 9.10 Å². The van der Waals surface area contributed by atoms with E-state index < -0.39 is 12.1 Å². The summed E-state index contributed by atoms with van der Waals surface area (Å²) in [5.74, 6) is -0.0808. The lowest BCUT2D eigenvalue weighted by atomic mass is 10.1. The van der Waals surface area contributed by atoms with Crippen LogP contribution in [-0.2, 0) is 9.53 Å². The second-order valence-corrected chi connectivity index (χ2v) is 6.10. The summed E-state index contributed by atoms with van der Waals surface area (Å²) in [5, 5.41) is 8.75. The standard InChI is InChI=1S/C15H23NO4S/c1-10-8-13(19-5)9-11(2)14(10)21-16(4)6-7-20-12(3)15(17)18/h8-9,12H,6-7H2,1-5H3,(H,17,18). The van der Waals surface area contributed by atoms with E-state index in [1.54, 1.807) is 19.1 Å². The van der Waals surface area contributed by atoms with Crippen LogP contribution in [0.3, 0.4) is 0 Å². The zero-order chi connectivity index (χ0) is 16.0. The maximum atomic E-state index is 10.7. The van der Waals surface area contributed by atoms with Gasteiger partial charge in [0.2, 0.25) is 0 Å². The van der Waals surface area contributed by atoms with Crippen LogP contribution in [0.25, 0.3) is 0 Å². The van der Waals surface area contributed by atoms with Crippen LogP contribution < -0.4 is 4.74 Å². The average Bonchev–Trinajstić information content (AvgIpc) is 2.42. The van der Waals surface area contributed by atoms with Gasteiger partial charge in [0.1, 0.15) is 5.75 Å². The van der Waals surface area contributed by atoms with Gasteiger partial charge in [-0.1, -0.05) is 0 Å². The first-order valence-electron chi connectivity index (χ1n) is 6.74. The van der Waals surface area contributed by atoms with Crippen LogP contribution in [0.5, 0.6) is 5.75 Å². The maximum absolute atomic E-state index is 10.7. The minimum Gasteiger partial charge on any atom is -0.497 e. The fraction of sp³-hybridized carbons (Fsp3) is 0.533. The van der Waals surface area contributed by atoms with Crippen molar-refractivity contribution in [1.82, 2.24) is 4.31 Å². The van der Waals surface area contributed by atoms with Crippen molar-refractivity contribution in [2.45, 2.75) is 31.8 Å². The minimum atomic E-state index is -0.938. The van der Waals surface area contributed by atoms with Crippen molar-refractivity contribution in [3.8, 4) is 5.75 Å². The number of aryl methyl sites for hydroxylation is 2. The van der Waals surface area contributed by atoms with Gasteiger partial charge in [0.05, 0.1) is 13.7 Å². The van der Waals surface area contributed by atoms with Crippen LogP contribution in [-0.4, -0.2) is 48.8 Å². The Morgan fingerprint density at radius 3 is 2.43 bits per heavy atom. The maximum Gasteiger partial charge on any atom is 0.332 e. The Kier molecular flexibility index (Phi) is 7.01. The van der Waals surface area contributed by atoms with Gasteiger partial charge in [-0.2, -0.15) is 0 Å². The monoisotopic (exact) mass is 313 g/mol. The van der Waals surface area contributed by atoms with Gasteiger partial charge < -0.3 is 14.6 Å². The molecule has 5 nitrogen and oxygen atoms in total. The number of benzene rings is 1. The van der Waals surface area contributed by atoms with Crippen molar-refractivity contribution in [2.75, 3.05) is 27.3 Å². The zero-order valence-electron chi connectivity index (χ0n) is 13.2. The SMILES string of the molecule is COc1cc(C)c(SN(C)CCOC(C)C(=O)O)c(C)c1. The van der Waals surface area contributed by atoms with Crippen LogP contribution in [0.4, 0.5) is 0 Å². The predicted octanol–water partition coefficient (Wildman–Crippen LogP) is 2.74. The number of likely N-dealkylation sites (N-methyl/N-ethyl adjacent to an activating group) is 1. The van der Waals surface area contributed by atoms with Crippen LogP contribution in [0, 0.1) is 13.8 Å². The fourth-order valence-corrected chi connectivity index (χ4v) is 2.69. The second-order valence-electron chi connectivity index (χ2n) is 4.88. The summed E-state index contributed by atoms with van der Waals surface area (Å²) in [6.45, 7) is 6.66. The van der Waals surface area contributed by atoms with Crippen molar-refractivity contribution in [3.05, 3.63) is 23.3 Å². The number of nitrogens with zero attached hydrogens (tertiary/aromatic N) is 1. The molecule has 0 aliphatic rings. The summed E-state index contributed by atoms with van der Waals surface area (Å²) < 4.78 is 12.5. The molecule has 21 heavy (non-hydrogen) atoms. The van der Waals surface area contributed by atoms with Crippen molar-refractivity contribution in [1.29, 1.82) is 0 Å². The fourth-order valence-electron chi connectivity index (χ4n) is 1.80. The zero-order valence-corrected chi connectivity index (χ0v) is 14.0. The van der Waals surface area contributed by atoms with E-state index >= 15 is 0 Å². The number of methoxy groups -OCH3 is 1. The lowest BCUT2D eigenvalue weighted by Crippen LogP contribution is -2.24. The molecule has 0 fully saturated rings. The number of hydrogen-bond acceptors (Lipinski definition) is 5. The van der Waals surface area contributed by atoms with Gasteiger partial charge in [0.15, 0.2) is 6.10 Å². The van der Waals surface area contributed by atoms with Gasteiger partial charge in [-0.3, -0.25) is 0 Å². The summed E-state index contributed by atoms with van der Waals surface area (Å²) in [7, 11) is 3.62. The van der Waals surface area contributed by atoms with E-state index in [9.17, 15) is 4.79 Å². The van der Waals surface area contributed by atoms with Gasteiger partial charge in [0.25, 0.3) is 0 Å². The first kappa shape index (κ1) is 17.8. The molecule has 1 rings (SSSR count). The van der Waals surface area contributed by atoms with Crippen molar-refractivity contribution >= 4 is 17.9 Å². The molecule has 0 radical (unpaired) electrons. The highest BCUT2D eigenvalue weighted by Crippen LogP contribution is 2.31. The minimum absolute atomic E-state index is 0.380. The van der Waals surface area contributed by atoms with E-state index in [-0.39, 0.29) is 0 Å². The molecule has 0 bridgehead atoms. The molecule has 1 aromatic carbocycles. The summed E-state index contributed by atoms with van der Waals surface area (Å²) >= 11 is 1.63. The Morgan fingerprint density at radius 2 is 1.95 bits per heavy atom. The smallest absolute Gasteiger partial charge is 0.332 e. The van der Waals surface area contributed by atoms with E-state index in [2.05, 4.69) is 13.8 Å². The quantitative estimate of drug-likeness (QED) is 0.745.